The molecule has 0 amide bonds. The molecular weight excluding hydrogens is 314 g/mol. The van der Waals surface area contributed by atoms with E-state index in [0.29, 0.717) is 12.0 Å². The fourth-order valence-corrected chi connectivity index (χ4v) is 3.82. The summed E-state index contributed by atoms with van der Waals surface area (Å²) in [5, 5.41) is 0. The Balaban J connectivity index is 2.07. The fraction of sp³-hybridized carbons (Fsp3) is 0.647. The summed E-state index contributed by atoms with van der Waals surface area (Å²) in [6, 6.07) is 6.56. The summed E-state index contributed by atoms with van der Waals surface area (Å²) in [6.07, 6.45) is 7.46. The molecule has 112 valence electrons. The van der Waals surface area contributed by atoms with Crippen molar-refractivity contribution in [3.8, 4) is 5.75 Å². The Morgan fingerprint density at radius 3 is 2.85 bits per heavy atom. The Morgan fingerprint density at radius 1 is 1.35 bits per heavy atom. The smallest absolute Gasteiger partial charge is 0.119 e. The van der Waals surface area contributed by atoms with Crippen molar-refractivity contribution in [2.75, 3.05) is 7.11 Å². The van der Waals surface area contributed by atoms with Crippen LogP contribution in [0.15, 0.2) is 22.7 Å². The van der Waals surface area contributed by atoms with Gasteiger partial charge in [0.1, 0.15) is 5.75 Å². The van der Waals surface area contributed by atoms with Gasteiger partial charge >= 0.3 is 0 Å². The highest BCUT2D eigenvalue weighted by Gasteiger charge is 2.28. The van der Waals surface area contributed by atoms with Crippen molar-refractivity contribution in [3.05, 3.63) is 28.2 Å². The molecular formula is C17H26BrNO. The number of hydrogen-bond donors (Lipinski definition) is 1. The van der Waals surface area contributed by atoms with E-state index in [2.05, 4.69) is 35.0 Å². The van der Waals surface area contributed by atoms with Crippen LogP contribution in [-0.4, -0.2) is 13.2 Å². The number of hydrogen-bond acceptors (Lipinski definition) is 2. The molecule has 1 fully saturated rings. The molecule has 2 nitrogen and oxygen atoms in total. The van der Waals surface area contributed by atoms with Gasteiger partial charge in [-0.3, -0.25) is 0 Å². The first-order chi connectivity index (χ1) is 9.63. The molecule has 1 aliphatic rings. The minimum Gasteiger partial charge on any atom is -0.497 e. The number of rotatable bonds is 5. The lowest BCUT2D eigenvalue weighted by Gasteiger charge is -2.34. The van der Waals surface area contributed by atoms with Gasteiger partial charge in [-0.05, 0) is 61.3 Å². The second-order valence-electron chi connectivity index (χ2n) is 6.05. The zero-order valence-corrected chi connectivity index (χ0v) is 14.2. The maximum atomic E-state index is 6.36. The van der Waals surface area contributed by atoms with Crippen molar-refractivity contribution in [1.82, 2.24) is 0 Å². The molecule has 1 aromatic rings. The van der Waals surface area contributed by atoms with Crippen LogP contribution in [0.1, 0.15) is 44.6 Å². The van der Waals surface area contributed by atoms with Crippen LogP contribution < -0.4 is 10.5 Å². The predicted molar refractivity (Wildman–Crippen MR) is 88.1 cm³/mol. The molecule has 3 atom stereocenters. The number of halogens is 1. The first-order valence-corrected chi connectivity index (χ1v) is 8.51. The molecule has 3 heteroatoms. The molecule has 2 rings (SSSR count). The fourth-order valence-electron chi connectivity index (χ4n) is 3.41. The maximum Gasteiger partial charge on any atom is 0.119 e. The van der Waals surface area contributed by atoms with Crippen LogP contribution in [0.5, 0.6) is 5.75 Å². The molecule has 0 spiro atoms. The summed E-state index contributed by atoms with van der Waals surface area (Å²) in [6.45, 7) is 2.28. The van der Waals surface area contributed by atoms with Crippen LogP contribution in [0.4, 0.5) is 0 Å². The average Bonchev–Trinajstić information content (AvgIpc) is 2.45. The Labute approximate surface area is 131 Å². The van der Waals surface area contributed by atoms with E-state index < -0.39 is 0 Å². The Bertz CT molecular complexity index is 435. The van der Waals surface area contributed by atoms with Crippen molar-refractivity contribution in [1.29, 1.82) is 0 Å². The van der Waals surface area contributed by atoms with Crippen LogP contribution in [0.2, 0.25) is 0 Å². The van der Waals surface area contributed by atoms with Crippen molar-refractivity contribution in [2.24, 2.45) is 17.6 Å². The lowest BCUT2D eigenvalue weighted by molar-refractivity contribution is 0.221. The van der Waals surface area contributed by atoms with Crippen LogP contribution in [0, 0.1) is 11.8 Å². The molecule has 0 aliphatic heterocycles. The highest BCUT2D eigenvalue weighted by Crippen LogP contribution is 2.35. The van der Waals surface area contributed by atoms with Crippen molar-refractivity contribution < 1.29 is 4.74 Å². The first kappa shape index (κ1) is 15.8. The monoisotopic (exact) mass is 339 g/mol. The largest absolute Gasteiger partial charge is 0.497 e. The number of methoxy groups -OCH3 is 1. The van der Waals surface area contributed by atoms with Crippen LogP contribution >= 0.6 is 15.9 Å². The van der Waals surface area contributed by atoms with Gasteiger partial charge in [0.05, 0.1) is 7.11 Å². The SMILES string of the molecule is CCCC1CCC(N)C(Cc2cc(OC)ccc2Br)C1. The summed E-state index contributed by atoms with van der Waals surface area (Å²) in [4.78, 5) is 0. The molecule has 1 aliphatic carbocycles. The molecule has 0 aromatic heterocycles. The number of nitrogens with two attached hydrogens (primary N) is 1. The van der Waals surface area contributed by atoms with Gasteiger partial charge in [0, 0.05) is 10.5 Å². The summed E-state index contributed by atoms with van der Waals surface area (Å²) in [7, 11) is 1.72. The molecule has 3 unspecified atom stereocenters. The van der Waals surface area contributed by atoms with Crippen molar-refractivity contribution in [2.45, 2.75) is 51.5 Å². The van der Waals surface area contributed by atoms with Crippen LogP contribution in [0.3, 0.4) is 0 Å². The van der Waals surface area contributed by atoms with Crippen LogP contribution in [-0.2, 0) is 6.42 Å². The Hall–Kier alpha value is -0.540. The lowest BCUT2D eigenvalue weighted by atomic mass is 9.74. The molecule has 0 radical (unpaired) electrons. The minimum atomic E-state index is 0.348. The van der Waals surface area contributed by atoms with Crippen molar-refractivity contribution in [3.63, 3.8) is 0 Å². The van der Waals surface area contributed by atoms with E-state index in [1.54, 1.807) is 7.11 Å². The number of ether oxygens (including phenoxy) is 1. The van der Waals surface area contributed by atoms with E-state index in [4.69, 9.17) is 10.5 Å². The molecule has 0 saturated heterocycles. The van der Waals surface area contributed by atoms with E-state index in [0.717, 1.165) is 18.1 Å². The van der Waals surface area contributed by atoms with Gasteiger partial charge in [0.25, 0.3) is 0 Å². The van der Waals surface area contributed by atoms with E-state index in [-0.39, 0.29) is 0 Å². The molecule has 0 heterocycles. The summed E-state index contributed by atoms with van der Waals surface area (Å²) >= 11 is 3.66. The Kier molecular flexibility index (Phi) is 5.91. The van der Waals surface area contributed by atoms with Gasteiger partial charge in [-0.15, -0.1) is 0 Å². The van der Waals surface area contributed by atoms with Gasteiger partial charge in [-0.1, -0.05) is 35.7 Å². The second-order valence-corrected chi connectivity index (χ2v) is 6.91. The Morgan fingerprint density at radius 2 is 2.15 bits per heavy atom. The van der Waals surface area contributed by atoms with E-state index in [1.165, 1.54) is 42.1 Å². The number of benzene rings is 1. The highest BCUT2D eigenvalue weighted by molar-refractivity contribution is 9.10. The van der Waals surface area contributed by atoms with Gasteiger partial charge in [-0.2, -0.15) is 0 Å². The molecule has 20 heavy (non-hydrogen) atoms. The maximum absolute atomic E-state index is 6.36. The molecule has 1 aromatic carbocycles. The standard InChI is InChI=1S/C17H26BrNO/c1-3-4-12-5-8-17(19)14(9-12)10-13-11-15(20-2)6-7-16(13)18/h6-7,11-12,14,17H,3-5,8-10,19H2,1-2H3. The molecule has 2 N–H and O–H groups in total. The normalized spacial score (nSPS) is 26.5. The van der Waals surface area contributed by atoms with Crippen molar-refractivity contribution >= 4 is 15.9 Å². The quantitative estimate of drug-likeness (QED) is 0.854. The topological polar surface area (TPSA) is 35.2 Å². The highest BCUT2D eigenvalue weighted by atomic mass is 79.9. The molecule has 1 saturated carbocycles. The lowest BCUT2D eigenvalue weighted by Crippen LogP contribution is -2.37. The summed E-state index contributed by atoms with van der Waals surface area (Å²) in [5.74, 6) is 2.40. The van der Waals surface area contributed by atoms with E-state index in [1.807, 2.05) is 6.07 Å². The van der Waals surface area contributed by atoms with Crippen LogP contribution in [0.25, 0.3) is 0 Å². The first-order valence-electron chi connectivity index (χ1n) is 7.72. The molecule has 0 bridgehead atoms. The van der Waals surface area contributed by atoms with Gasteiger partial charge in [-0.25, -0.2) is 0 Å². The third-order valence-electron chi connectivity index (χ3n) is 4.58. The summed E-state index contributed by atoms with van der Waals surface area (Å²) in [5.41, 5.74) is 7.68. The van der Waals surface area contributed by atoms with Gasteiger partial charge in [0.15, 0.2) is 0 Å². The minimum absolute atomic E-state index is 0.348. The second kappa shape index (κ2) is 7.46. The van der Waals surface area contributed by atoms with E-state index in [9.17, 15) is 0 Å². The average molecular weight is 340 g/mol. The summed E-state index contributed by atoms with van der Waals surface area (Å²) < 4.78 is 6.50. The third-order valence-corrected chi connectivity index (χ3v) is 5.36. The predicted octanol–water partition coefficient (Wildman–Crippen LogP) is 4.54. The third kappa shape index (κ3) is 3.98. The van der Waals surface area contributed by atoms with Gasteiger partial charge in [0.2, 0.25) is 0 Å². The van der Waals surface area contributed by atoms with E-state index >= 15 is 0 Å². The zero-order valence-electron chi connectivity index (χ0n) is 12.6. The zero-order chi connectivity index (χ0) is 14.5. The van der Waals surface area contributed by atoms with Gasteiger partial charge < -0.3 is 10.5 Å².